The topological polar surface area (TPSA) is 109 Å². The molecule has 210 valence electrons. The highest BCUT2D eigenvalue weighted by atomic mass is 32.2. The number of ether oxygens (including phenoxy) is 1. The second-order valence-electron chi connectivity index (χ2n) is 9.81. The molecule has 1 aromatic heterocycles. The van der Waals surface area contributed by atoms with E-state index in [1.165, 1.54) is 0 Å². The summed E-state index contributed by atoms with van der Waals surface area (Å²) in [5.74, 6) is -3.01. The summed E-state index contributed by atoms with van der Waals surface area (Å²) >= 11 is 1.02. The van der Waals surface area contributed by atoms with E-state index in [0.29, 0.717) is 66.7 Å². The molecule has 0 spiro atoms. The van der Waals surface area contributed by atoms with Crippen LogP contribution in [0, 0.1) is 22.9 Å². The van der Waals surface area contributed by atoms with Crippen molar-refractivity contribution >= 4 is 28.6 Å². The van der Waals surface area contributed by atoms with E-state index in [9.17, 15) is 28.2 Å². The lowest BCUT2D eigenvalue weighted by Crippen LogP contribution is -2.45. The first-order valence-electron chi connectivity index (χ1n) is 12.7. The third-order valence-electron chi connectivity index (χ3n) is 7.54. The van der Waals surface area contributed by atoms with Crippen LogP contribution in [0.25, 0.3) is 10.9 Å². The number of aliphatic hydroxyl groups excluding tert-OH is 1. The fraction of sp³-hybridized carbons (Fsp3) is 0.429. The van der Waals surface area contributed by atoms with Crippen LogP contribution >= 0.6 is 11.8 Å². The van der Waals surface area contributed by atoms with Crippen LogP contribution in [-0.4, -0.2) is 58.6 Å². The lowest BCUT2D eigenvalue weighted by atomic mass is 9.74. The Balaban J connectivity index is 1.39. The van der Waals surface area contributed by atoms with Gasteiger partial charge in [-0.15, -0.1) is 11.8 Å². The Morgan fingerprint density at radius 3 is 2.64 bits per heavy atom. The molecule has 11 heteroatoms. The zero-order chi connectivity index (χ0) is 28.2. The van der Waals surface area contributed by atoms with Gasteiger partial charge >= 0.3 is 5.97 Å². The maximum absolute atomic E-state index is 13.9. The number of benzene rings is 2. The van der Waals surface area contributed by atoms with Crippen molar-refractivity contribution in [3.8, 4) is 5.75 Å². The minimum atomic E-state index is -1.22. The predicted octanol–water partition coefficient (Wildman–Crippen LogP) is 4.89. The molecular weight excluding hydrogens is 531 g/mol. The van der Waals surface area contributed by atoms with E-state index in [1.54, 1.807) is 31.5 Å². The zero-order valence-electron chi connectivity index (χ0n) is 21.6. The number of fused-ring (bicyclic) bond motifs is 1. The number of aliphatic hydroxyl groups is 1. The Hall–Kier alpha value is -2.86. The van der Waals surface area contributed by atoms with Crippen molar-refractivity contribution in [1.29, 1.82) is 0 Å². The molecule has 2 aromatic carbocycles. The van der Waals surface area contributed by atoms with Gasteiger partial charge in [0.25, 0.3) is 0 Å². The summed E-state index contributed by atoms with van der Waals surface area (Å²) in [5.41, 5.74) is 6.95. The molecule has 2 heterocycles. The summed E-state index contributed by atoms with van der Waals surface area (Å²) in [5, 5.41) is 22.1. The first kappa shape index (κ1) is 29.1. The highest BCUT2D eigenvalue weighted by molar-refractivity contribution is 7.99. The van der Waals surface area contributed by atoms with Crippen molar-refractivity contribution in [2.24, 2.45) is 11.1 Å². The van der Waals surface area contributed by atoms with Gasteiger partial charge in [0, 0.05) is 41.4 Å². The molecule has 3 aromatic rings. The number of thioether (sulfide) groups is 1. The van der Waals surface area contributed by atoms with Gasteiger partial charge in [-0.05, 0) is 74.2 Å². The average Bonchev–Trinajstić information content (AvgIpc) is 2.93. The molecule has 1 aliphatic heterocycles. The number of hydrogen-bond acceptors (Lipinski definition) is 7. The van der Waals surface area contributed by atoms with E-state index in [4.69, 9.17) is 10.5 Å². The summed E-state index contributed by atoms with van der Waals surface area (Å²) in [6, 6.07) is 6.87. The van der Waals surface area contributed by atoms with Crippen LogP contribution in [0.15, 0.2) is 41.4 Å². The zero-order valence-corrected chi connectivity index (χ0v) is 22.4. The Kier molecular flexibility index (Phi) is 9.37. The summed E-state index contributed by atoms with van der Waals surface area (Å²) in [6.07, 6.45) is 1.98. The van der Waals surface area contributed by atoms with Crippen molar-refractivity contribution in [2.45, 2.75) is 43.2 Å². The number of rotatable bonds is 11. The molecule has 0 saturated carbocycles. The molecule has 0 radical (unpaired) electrons. The van der Waals surface area contributed by atoms with Crippen LogP contribution < -0.4 is 10.5 Å². The third-order valence-corrected chi connectivity index (χ3v) is 8.54. The second kappa shape index (κ2) is 12.5. The molecule has 4 rings (SSSR count). The molecule has 39 heavy (non-hydrogen) atoms. The van der Waals surface area contributed by atoms with E-state index in [-0.39, 0.29) is 24.3 Å². The number of nitrogens with two attached hydrogens (primary N) is 1. The lowest BCUT2D eigenvalue weighted by Gasteiger charge is -2.39. The lowest BCUT2D eigenvalue weighted by molar-refractivity contribution is -0.153. The molecule has 1 fully saturated rings. The number of aromatic nitrogens is 1. The summed E-state index contributed by atoms with van der Waals surface area (Å²) in [4.78, 5) is 18.8. The number of pyridine rings is 1. The SMILES string of the molecule is COc1ccc2ncc(CN)c([C@H](O)CCC3(C(=O)O)CCN(CCSc4cc(F)cc(F)c4F)CC3)c2c1. The van der Waals surface area contributed by atoms with Crippen molar-refractivity contribution in [2.75, 3.05) is 32.5 Å². The fourth-order valence-electron chi connectivity index (χ4n) is 5.17. The van der Waals surface area contributed by atoms with E-state index >= 15 is 0 Å². The summed E-state index contributed by atoms with van der Waals surface area (Å²) in [6.45, 7) is 1.71. The Bertz CT molecular complexity index is 1330. The first-order chi connectivity index (χ1) is 18.7. The van der Waals surface area contributed by atoms with Gasteiger partial charge in [-0.2, -0.15) is 0 Å². The van der Waals surface area contributed by atoms with Gasteiger partial charge in [0.05, 0.1) is 24.1 Å². The van der Waals surface area contributed by atoms with Crippen molar-refractivity contribution in [3.63, 3.8) is 0 Å². The van der Waals surface area contributed by atoms with Crippen molar-refractivity contribution in [1.82, 2.24) is 9.88 Å². The number of piperidine rings is 1. The number of halogens is 3. The van der Waals surface area contributed by atoms with E-state index in [2.05, 4.69) is 9.88 Å². The number of carbonyl (C=O) groups is 1. The number of hydrogen-bond donors (Lipinski definition) is 3. The smallest absolute Gasteiger partial charge is 0.309 e. The van der Waals surface area contributed by atoms with Gasteiger partial charge in [-0.1, -0.05) is 0 Å². The van der Waals surface area contributed by atoms with Gasteiger partial charge in [-0.3, -0.25) is 9.78 Å². The molecule has 1 aliphatic rings. The first-order valence-corrected chi connectivity index (χ1v) is 13.7. The van der Waals surface area contributed by atoms with Crippen LogP contribution in [0.2, 0.25) is 0 Å². The van der Waals surface area contributed by atoms with Gasteiger partial charge in [0.2, 0.25) is 0 Å². The van der Waals surface area contributed by atoms with E-state index in [1.807, 2.05) is 0 Å². The van der Waals surface area contributed by atoms with Gasteiger partial charge in [0.15, 0.2) is 11.6 Å². The second-order valence-corrected chi connectivity index (χ2v) is 11.0. The minimum absolute atomic E-state index is 0.0866. The van der Waals surface area contributed by atoms with Crippen LogP contribution in [0.5, 0.6) is 5.75 Å². The molecule has 0 bridgehead atoms. The number of carboxylic acid groups (broad SMARTS) is 1. The highest BCUT2D eigenvalue weighted by Gasteiger charge is 2.41. The summed E-state index contributed by atoms with van der Waals surface area (Å²) < 4.78 is 46.1. The number of aliphatic carboxylic acids is 1. The summed E-state index contributed by atoms with van der Waals surface area (Å²) in [7, 11) is 1.55. The number of likely N-dealkylation sites (tertiary alicyclic amines) is 1. The van der Waals surface area contributed by atoms with Crippen LogP contribution in [-0.2, 0) is 11.3 Å². The number of methoxy groups -OCH3 is 1. The maximum atomic E-state index is 13.9. The fourth-order valence-corrected chi connectivity index (χ4v) is 6.16. The normalized spacial score (nSPS) is 16.4. The van der Waals surface area contributed by atoms with Crippen LogP contribution in [0.1, 0.15) is 42.9 Å². The third kappa shape index (κ3) is 6.49. The van der Waals surface area contributed by atoms with Gasteiger partial charge in [-0.25, -0.2) is 13.2 Å². The molecule has 1 atom stereocenters. The molecule has 0 aliphatic carbocycles. The Morgan fingerprint density at radius 1 is 1.23 bits per heavy atom. The molecule has 0 unspecified atom stereocenters. The standard InChI is InChI=1S/C28H32F3N3O4S/c1-38-19-2-3-22-20(14-19)25(17(15-32)16-33-22)23(35)4-5-28(27(36)37)6-8-34(9-7-28)10-11-39-24-13-18(29)12-21(30)26(24)31/h2-3,12-14,16,23,35H,4-11,15,32H2,1H3,(H,36,37)/t23-/m1/s1. The Labute approximate surface area is 229 Å². The van der Waals surface area contributed by atoms with Gasteiger partial charge < -0.3 is 25.6 Å². The molecule has 4 N–H and O–H groups in total. The van der Waals surface area contributed by atoms with Crippen LogP contribution in [0.3, 0.4) is 0 Å². The van der Waals surface area contributed by atoms with Crippen LogP contribution in [0.4, 0.5) is 13.2 Å². The quantitative estimate of drug-likeness (QED) is 0.224. The molecule has 7 nitrogen and oxygen atoms in total. The van der Waals surface area contributed by atoms with E-state index < -0.39 is 34.9 Å². The van der Waals surface area contributed by atoms with E-state index in [0.717, 1.165) is 23.2 Å². The number of carboxylic acids is 1. The van der Waals surface area contributed by atoms with Gasteiger partial charge in [0.1, 0.15) is 11.6 Å². The molecular formula is C28H32F3N3O4S. The number of nitrogens with zero attached hydrogens (tertiary/aromatic N) is 2. The maximum Gasteiger partial charge on any atom is 0.309 e. The monoisotopic (exact) mass is 563 g/mol. The minimum Gasteiger partial charge on any atom is -0.497 e. The highest BCUT2D eigenvalue weighted by Crippen LogP contribution is 2.40. The van der Waals surface area contributed by atoms with Crippen molar-refractivity contribution < 1.29 is 32.9 Å². The predicted molar refractivity (Wildman–Crippen MR) is 143 cm³/mol. The molecule has 1 saturated heterocycles. The largest absolute Gasteiger partial charge is 0.497 e. The molecule has 0 amide bonds. The Morgan fingerprint density at radius 2 is 1.97 bits per heavy atom. The average molecular weight is 564 g/mol. The van der Waals surface area contributed by atoms with Crippen molar-refractivity contribution in [3.05, 3.63) is 65.1 Å².